The number of hydrogen-bond donors (Lipinski definition) is 2. The van der Waals surface area contributed by atoms with Gasteiger partial charge in [-0.05, 0) is 37.0 Å². The molecule has 2 fully saturated rings. The first-order valence-corrected chi connectivity index (χ1v) is 6.49. The zero-order valence-electron chi connectivity index (χ0n) is 10.2. The van der Waals surface area contributed by atoms with Gasteiger partial charge >= 0.3 is 0 Å². The minimum absolute atomic E-state index is 0.0305. The Balaban J connectivity index is 1.72. The Bertz CT molecular complexity index is 471. The second kappa shape index (κ2) is 4.28. The Kier molecular flexibility index (Phi) is 2.74. The van der Waals surface area contributed by atoms with Crippen LogP contribution in [0.3, 0.4) is 0 Å². The fraction of sp³-hybridized carbons (Fsp3) is 0.500. The SMILES string of the molecule is NC1CC1C(=O)N(Cc1cccc(O)c1)C1CC1. The topological polar surface area (TPSA) is 66.6 Å². The lowest BCUT2D eigenvalue weighted by atomic mass is 10.2. The molecule has 0 aromatic heterocycles. The van der Waals surface area contributed by atoms with Crippen LogP contribution in [0.4, 0.5) is 0 Å². The van der Waals surface area contributed by atoms with Gasteiger partial charge in [0, 0.05) is 18.6 Å². The van der Waals surface area contributed by atoms with Crippen LogP contribution in [0.5, 0.6) is 5.75 Å². The fourth-order valence-corrected chi connectivity index (χ4v) is 2.34. The monoisotopic (exact) mass is 246 g/mol. The van der Waals surface area contributed by atoms with Gasteiger partial charge in [-0.25, -0.2) is 0 Å². The van der Waals surface area contributed by atoms with E-state index in [4.69, 9.17) is 5.73 Å². The predicted octanol–water partition coefficient (Wildman–Crippen LogP) is 1.23. The van der Waals surface area contributed by atoms with Crippen molar-refractivity contribution in [3.8, 4) is 5.75 Å². The maximum Gasteiger partial charge on any atom is 0.227 e. The summed E-state index contributed by atoms with van der Waals surface area (Å²) in [5.74, 6) is 0.468. The van der Waals surface area contributed by atoms with Crippen LogP contribution in [0.1, 0.15) is 24.8 Å². The maximum atomic E-state index is 12.3. The first kappa shape index (κ1) is 11.5. The summed E-state index contributed by atoms with van der Waals surface area (Å²) < 4.78 is 0. The van der Waals surface area contributed by atoms with Gasteiger partial charge in [-0.2, -0.15) is 0 Å². The molecule has 2 aliphatic carbocycles. The summed E-state index contributed by atoms with van der Waals surface area (Å²) in [6.07, 6.45) is 3.00. The zero-order chi connectivity index (χ0) is 12.7. The molecule has 3 rings (SSSR count). The molecule has 0 spiro atoms. The van der Waals surface area contributed by atoms with Crippen LogP contribution in [0.25, 0.3) is 0 Å². The van der Waals surface area contributed by atoms with E-state index in [1.165, 1.54) is 0 Å². The Hall–Kier alpha value is -1.55. The molecule has 18 heavy (non-hydrogen) atoms. The van der Waals surface area contributed by atoms with Crippen LogP contribution in [0.15, 0.2) is 24.3 Å². The molecule has 2 atom stereocenters. The van der Waals surface area contributed by atoms with Gasteiger partial charge in [0.25, 0.3) is 0 Å². The summed E-state index contributed by atoms with van der Waals surface area (Å²) >= 11 is 0. The number of hydrogen-bond acceptors (Lipinski definition) is 3. The lowest BCUT2D eigenvalue weighted by molar-refractivity contribution is -0.133. The standard InChI is InChI=1S/C14H18N2O2/c15-13-7-12(13)14(18)16(10-4-5-10)8-9-2-1-3-11(17)6-9/h1-3,6,10,12-13,17H,4-5,7-8,15H2. The molecule has 0 radical (unpaired) electrons. The van der Waals surface area contributed by atoms with E-state index >= 15 is 0 Å². The van der Waals surface area contributed by atoms with Crippen molar-refractivity contribution in [2.24, 2.45) is 11.7 Å². The van der Waals surface area contributed by atoms with Gasteiger partial charge in [0.2, 0.25) is 5.91 Å². The second-order valence-electron chi connectivity index (χ2n) is 5.37. The number of rotatable bonds is 4. The minimum Gasteiger partial charge on any atom is -0.508 e. The summed E-state index contributed by atoms with van der Waals surface area (Å²) in [6.45, 7) is 0.584. The van der Waals surface area contributed by atoms with Crippen molar-refractivity contribution in [2.45, 2.75) is 37.9 Å². The molecule has 4 heteroatoms. The molecule has 0 aliphatic heterocycles. The number of nitrogens with zero attached hydrogens (tertiary/aromatic N) is 1. The van der Waals surface area contributed by atoms with Crippen LogP contribution in [-0.4, -0.2) is 28.0 Å². The van der Waals surface area contributed by atoms with Gasteiger partial charge in [0.1, 0.15) is 5.75 Å². The van der Waals surface area contributed by atoms with Gasteiger partial charge in [-0.3, -0.25) is 4.79 Å². The van der Waals surface area contributed by atoms with Crippen molar-refractivity contribution in [3.63, 3.8) is 0 Å². The van der Waals surface area contributed by atoms with Crippen molar-refractivity contribution < 1.29 is 9.90 Å². The largest absolute Gasteiger partial charge is 0.508 e. The predicted molar refractivity (Wildman–Crippen MR) is 67.8 cm³/mol. The molecular weight excluding hydrogens is 228 g/mol. The molecule has 2 saturated carbocycles. The first-order chi connectivity index (χ1) is 8.65. The van der Waals surface area contributed by atoms with E-state index in [9.17, 15) is 9.90 Å². The zero-order valence-corrected chi connectivity index (χ0v) is 10.2. The third kappa shape index (κ3) is 2.34. The van der Waals surface area contributed by atoms with Gasteiger partial charge in [-0.1, -0.05) is 12.1 Å². The average molecular weight is 246 g/mol. The van der Waals surface area contributed by atoms with Crippen LogP contribution < -0.4 is 5.73 Å². The number of nitrogens with two attached hydrogens (primary N) is 1. The normalized spacial score (nSPS) is 25.8. The maximum absolute atomic E-state index is 12.3. The molecule has 0 saturated heterocycles. The Morgan fingerprint density at radius 3 is 2.72 bits per heavy atom. The Morgan fingerprint density at radius 2 is 2.17 bits per heavy atom. The summed E-state index contributed by atoms with van der Waals surface area (Å²) in [5, 5.41) is 9.46. The van der Waals surface area contributed by atoms with Crippen molar-refractivity contribution in [1.82, 2.24) is 4.90 Å². The molecule has 2 unspecified atom stereocenters. The number of carbonyl (C=O) groups excluding carboxylic acids is 1. The summed E-state index contributed by atoms with van der Waals surface area (Å²) in [6, 6.07) is 7.55. The number of benzene rings is 1. The lowest BCUT2D eigenvalue weighted by Crippen LogP contribution is -2.35. The molecule has 4 nitrogen and oxygen atoms in total. The van der Waals surface area contributed by atoms with E-state index in [0.717, 1.165) is 24.8 Å². The fourth-order valence-electron chi connectivity index (χ4n) is 2.34. The van der Waals surface area contributed by atoms with E-state index in [1.807, 2.05) is 17.0 Å². The minimum atomic E-state index is 0.0305. The number of carbonyl (C=O) groups is 1. The van der Waals surface area contributed by atoms with Crippen molar-refractivity contribution in [1.29, 1.82) is 0 Å². The van der Waals surface area contributed by atoms with E-state index in [1.54, 1.807) is 12.1 Å². The molecule has 0 bridgehead atoms. The van der Waals surface area contributed by atoms with Crippen molar-refractivity contribution >= 4 is 5.91 Å². The molecular formula is C14H18N2O2. The van der Waals surface area contributed by atoms with Crippen molar-refractivity contribution in [3.05, 3.63) is 29.8 Å². The van der Waals surface area contributed by atoms with Crippen LogP contribution in [-0.2, 0) is 11.3 Å². The number of aromatic hydroxyl groups is 1. The van der Waals surface area contributed by atoms with E-state index in [-0.39, 0.29) is 23.6 Å². The van der Waals surface area contributed by atoms with Gasteiger partial charge < -0.3 is 15.7 Å². The first-order valence-electron chi connectivity index (χ1n) is 6.49. The number of phenolic OH excluding ortho intramolecular Hbond substituents is 1. The van der Waals surface area contributed by atoms with Gasteiger partial charge in [-0.15, -0.1) is 0 Å². The highest BCUT2D eigenvalue weighted by atomic mass is 16.3. The molecule has 1 aromatic rings. The molecule has 1 aromatic carbocycles. The third-order valence-corrected chi connectivity index (χ3v) is 3.69. The summed E-state index contributed by atoms with van der Waals surface area (Å²) in [7, 11) is 0. The molecule has 2 aliphatic rings. The van der Waals surface area contributed by atoms with Crippen LogP contribution >= 0.6 is 0 Å². The highest BCUT2D eigenvalue weighted by Gasteiger charge is 2.45. The van der Waals surface area contributed by atoms with Crippen molar-refractivity contribution in [2.75, 3.05) is 0 Å². The number of amides is 1. The quantitative estimate of drug-likeness (QED) is 0.839. The lowest BCUT2D eigenvalue weighted by Gasteiger charge is -2.22. The number of phenols is 1. The highest BCUT2D eigenvalue weighted by molar-refractivity contribution is 5.83. The van der Waals surface area contributed by atoms with Crippen LogP contribution in [0.2, 0.25) is 0 Å². The van der Waals surface area contributed by atoms with E-state index in [0.29, 0.717) is 12.6 Å². The molecule has 1 amide bonds. The molecule has 0 heterocycles. The van der Waals surface area contributed by atoms with E-state index < -0.39 is 0 Å². The third-order valence-electron chi connectivity index (χ3n) is 3.69. The van der Waals surface area contributed by atoms with Crippen LogP contribution in [0, 0.1) is 5.92 Å². The summed E-state index contributed by atoms with van der Waals surface area (Å²) in [5.41, 5.74) is 6.73. The average Bonchev–Trinajstić information content (AvgIpc) is 3.21. The second-order valence-corrected chi connectivity index (χ2v) is 5.37. The molecule has 96 valence electrons. The highest BCUT2D eigenvalue weighted by Crippen LogP contribution is 2.36. The Labute approximate surface area is 106 Å². The Morgan fingerprint density at radius 1 is 1.44 bits per heavy atom. The molecule has 3 N–H and O–H groups in total. The summed E-state index contributed by atoms with van der Waals surface area (Å²) in [4.78, 5) is 14.2. The van der Waals surface area contributed by atoms with Gasteiger partial charge in [0.05, 0.1) is 5.92 Å². The smallest absolute Gasteiger partial charge is 0.227 e. The van der Waals surface area contributed by atoms with E-state index in [2.05, 4.69) is 0 Å². The van der Waals surface area contributed by atoms with Gasteiger partial charge in [0.15, 0.2) is 0 Å².